The Morgan fingerprint density at radius 3 is 2.06 bits per heavy atom. The van der Waals surface area contributed by atoms with Gasteiger partial charge >= 0.3 is 5.97 Å². The molecule has 0 heterocycles. The Bertz CT molecular complexity index is 1020. The van der Waals surface area contributed by atoms with Crippen LogP contribution in [-0.4, -0.2) is 24.4 Å². The van der Waals surface area contributed by atoms with Gasteiger partial charge in [-0.1, -0.05) is 86.4 Å². The molecule has 196 valence electrons. The number of amides is 2. The van der Waals surface area contributed by atoms with E-state index in [0.29, 0.717) is 17.8 Å². The number of unbranched alkanes of at least 4 members (excludes halogenated alkanes) is 8. The van der Waals surface area contributed by atoms with Gasteiger partial charge in [-0.15, -0.1) is 0 Å². The minimum Gasteiger partial charge on any atom is -0.452 e. The number of carbonyl (C=O) groups is 3. The first-order valence-electron chi connectivity index (χ1n) is 12.9. The van der Waals surface area contributed by atoms with E-state index in [1.165, 1.54) is 38.5 Å². The highest BCUT2D eigenvalue weighted by atomic mass is 79.9. The molecule has 2 aromatic rings. The minimum absolute atomic E-state index is 0.128. The summed E-state index contributed by atoms with van der Waals surface area (Å²) in [6.07, 6.45) is 11.1. The highest BCUT2D eigenvalue weighted by Crippen LogP contribution is 2.26. The first-order valence-corrected chi connectivity index (χ1v) is 13.7. The standard InChI is InChI=1S/C29H39BrN2O4/c1-4-5-6-7-8-9-10-11-12-17-27(33)32-26-16-14-13-15-23(26)29(35)36-20-28(34)31-25-19-18-24(30)21(2)22(25)3/h13-16,18-19H,4-12,17,20H2,1-3H3,(H,31,34)(H,32,33). The van der Waals surface area contributed by atoms with Crippen LogP contribution in [0.1, 0.15) is 92.6 Å². The summed E-state index contributed by atoms with van der Waals surface area (Å²) in [5.74, 6) is -1.22. The molecule has 0 aromatic heterocycles. The number of hydrogen-bond acceptors (Lipinski definition) is 4. The number of nitrogens with one attached hydrogen (secondary N) is 2. The lowest BCUT2D eigenvalue weighted by molar-refractivity contribution is -0.119. The Hall–Kier alpha value is -2.67. The third-order valence-electron chi connectivity index (χ3n) is 6.26. The van der Waals surface area contributed by atoms with E-state index >= 15 is 0 Å². The average Bonchev–Trinajstić information content (AvgIpc) is 2.87. The number of anilines is 2. The molecule has 0 spiro atoms. The van der Waals surface area contributed by atoms with Gasteiger partial charge in [0.15, 0.2) is 6.61 Å². The lowest BCUT2D eigenvalue weighted by Gasteiger charge is -2.13. The minimum atomic E-state index is -0.659. The maximum atomic E-state index is 12.6. The van der Waals surface area contributed by atoms with Gasteiger partial charge in [0.05, 0.1) is 11.3 Å². The maximum Gasteiger partial charge on any atom is 0.340 e. The molecule has 6 nitrogen and oxygen atoms in total. The van der Waals surface area contributed by atoms with Crippen LogP contribution in [0.5, 0.6) is 0 Å². The van der Waals surface area contributed by atoms with E-state index in [-0.39, 0.29) is 11.5 Å². The number of rotatable bonds is 15. The quantitative estimate of drug-likeness (QED) is 0.173. The molecule has 0 aliphatic carbocycles. The predicted octanol–water partition coefficient (Wildman–Crippen LogP) is 7.72. The van der Waals surface area contributed by atoms with Gasteiger partial charge in [0, 0.05) is 16.6 Å². The number of hydrogen-bond donors (Lipinski definition) is 2. The molecule has 0 saturated carbocycles. The summed E-state index contributed by atoms with van der Waals surface area (Å²) in [5, 5.41) is 5.59. The molecular formula is C29H39BrN2O4. The van der Waals surface area contributed by atoms with Gasteiger partial charge in [0.25, 0.3) is 5.91 Å². The average molecular weight is 560 g/mol. The van der Waals surface area contributed by atoms with Crippen LogP contribution in [0.2, 0.25) is 0 Å². The smallest absolute Gasteiger partial charge is 0.340 e. The molecule has 0 radical (unpaired) electrons. The van der Waals surface area contributed by atoms with Crippen LogP contribution in [0.25, 0.3) is 0 Å². The van der Waals surface area contributed by atoms with Crippen LogP contribution >= 0.6 is 15.9 Å². The maximum absolute atomic E-state index is 12.6. The van der Waals surface area contributed by atoms with Gasteiger partial charge in [-0.2, -0.15) is 0 Å². The molecule has 0 fully saturated rings. The molecule has 0 bridgehead atoms. The van der Waals surface area contributed by atoms with Crippen molar-refractivity contribution in [3.05, 3.63) is 57.6 Å². The lowest BCUT2D eigenvalue weighted by Crippen LogP contribution is -2.22. The van der Waals surface area contributed by atoms with Gasteiger partial charge in [-0.3, -0.25) is 9.59 Å². The SMILES string of the molecule is CCCCCCCCCCCC(=O)Nc1ccccc1C(=O)OCC(=O)Nc1ccc(Br)c(C)c1C. The summed E-state index contributed by atoms with van der Waals surface area (Å²) in [6.45, 7) is 5.66. The molecule has 2 amide bonds. The van der Waals surface area contributed by atoms with E-state index in [1.807, 2.05) is 19.9 Å². The van der Waals surface area contributed by atoms with E-state index in [0.717, 1.165) is 34.9 Å². The summed E-state index contributed by atoms with van der Waals surface area (Å²) in [6, 6.07) is 10.3. The molecule has 2 aromatic carbocycles. The first kappa shape index (κ1) is 29.6. The second kappa shape index (κ2) is 16.1. The largest absolute Gasteiger partial charge is 0.452 e. The van der Waals surface area contributed by atoms with E-state index in [1.54, 1.807) is 30.3 Å². The molecule has 2 rings (SSSR count). The van der Waals surface area contributed by atoms with Gasteiger partial charge < -0.3 is 15.4 Å². The van der Waals surface area contributed by atoms with E-state index in [2.05, 4.69) is 33.5 Å². The van der Waals surface area contributed by atoms with Crippen molar-refractivity contribution < 1.29 is 19.1 Å². The second-order valence-corrected chi connectivity index (χ2v) is 10.00. The Morgan fingerprint density at radius 1 is 0.750 bits per heavy atom. The highest BCUT2D eigenvalue weighted by molar-refractivity contribution is 9.10. The van der Waals surface area contributed by atoms with E-state index in [9.17, 15) is 14.4 Å². The van der Waals surface area contributed by atoms with Crippen molar-refractivity contribution in [3.8, 4) is 0 Å². The first-order chi connectivity index (χ1) is 17.3. The molecule has 2 N–H and O–H groups in total. The Balaban J connectivity index is 1.77. The predicted molar refractivity (Wildman–Crippen MR) is 149 cm³/mol. The summed E-state index contributed by atoms with van der Waals surface area (Å²) in [5.41, 5.74) is 3.24. The molecule has 0 aliphatic rings. The van der Waals surface area contributed by atoms with Crippen LogP contribution in [0, 0.1) is 13.8 Å². The van der Waals surface area contributed by atoms with Crippen molar-refractivity contribution in [1.29, 1.82) is 0 Å². The van der Waals surface area contributed by atoms with Crippen LogP contribution in [0.15, 0.2) is 40.9 Å². The molecule has 36 heavy (non-hydrogen) atoms. The van der Waals surface area contributed by atoms with Crippen molar-refractivity contribution in [1.82, 2.24) is 0 Å². The lowest BCUT2D eigenvalue weighted by atomic mass is 10.1. The van der Waals surface area contributed by atoms with Gasteiger partial charge in [0.2, 0.25) is 5.91 Å². The van der Waals surface area contributed by atoms with Crippen molar-refractivity contribution in [2.24, 2.45) is 0 Å². The van der Waals surface area contributed by atoms with Gasteiger partial charge in [0.1, 0.15) is 0 Å². The van der Waals surface area contributed by atoms with Crippen molar-refractivity contribution in [2.45, 2.75) is 85.0 Å². The Kier molecular flexibility index (Phi) is 13.3. The number of carbonyl (C=O) groups excluding carboxylic acids is 3. The zero-order chi connectivity index (χ0) is 26.3. The topological polar surface area (TPSA) is 84.5 Å². The Labute approximate surface area is 223 Å². The fourth-order valence-corrected chi connectivity index (χ4v) is 4.33. The molecule has 0 aliphatic heterocycles. The van der Waals surface area contributed by atoms with E-state index in [4.69, 9.17) is 4.74 Å². The molecule has 0 saturated heterocycles. The van der Waals surface area contributed by atoms with Gasteiger partial charge in [-0.25, -0.2) is 4.79 Å². The van der Waals surface area contributed by atoms with Crippen LogP contribution in [-0.2, 0) is 14.3 Å². The van der Waals surface area contributed by atoms with Crippen LogP contribution in [0.4, 0.5) is 11.4 Å². The molecule has 0 atom stereocenters. The second-order valence-electron chi connectivity index (χ2n) is 9.14. The van der Waals surface area contributed by atoms with Crippen molar-refractivity contribution in [3.63, 3.8) is 0 Å². The number of benzene rings is 2. The monoisotopic (exact) mass is 558 g/mol. The fourth-order valence-electron chi connectivity index (χ4n) is 3.90. The number of para-hydroxylation sites is 1. The zero-order valence-electron chi connectivity index (χ0n) is 21.8. The van der Waals surface area contributed by atoms with Gasteiger partial charge in [-0.05, 0) is 55.7 Å². The summed E-state index contributed by atoms with van der Waals surface area (Å²) in [7, 11) is 0. The normalized spacial score (nSPS) is 10.7. The Morgan fingerprint density at radius 2 is 1.36 bits per heavy atom. The summed E-state index contributed by atoms with van der Waals surface area (Å²) >= 11 is 3.47. The van der Waals surface area contributed by atoms with Crippen molar-refractivity contribution >= 4 is 45.1 Å². The summed E-state index contributed by atoms with van der Waals surface area (Å²) < 4.78 is 6.19. The molecule has 7 heteroatoms. The highest BCUT2D eigenvalue weighted by Gasteiger charge is 2.16. The third-order valence-corrected chi connectivity index (χ3v) is 7.12. The fraction of sp³-hybridized carbons (Fsp3) is 0.483. The number of ether oxygens (including phenoxy) is 1. The van der Waals surface area contributed by atoms with Crippen LogP contribution < -0.4 is 10.6 Å². The van der Waals surface area contributed by atoms with E-state index < -0.39 is 18.5 Å². The summed E-state index contributed by atoms with van der Waals surface area (Å²) in [4.78, 5) is 37.4. The zero-order valence-corrected chi connectivity index (χ0v) is 23.3. The molecule has 0 unspecified atom stereocenters. The molecular weight excluding hydrogens is 520 g/mol. The third kappa shape index (κ3) is 10.1. The van der Waals surface area contributed by atoms with Crippen LogP contribution in [0.3, 0.4) is 0 Å². The number of halogens is 1. The van der Waals surface area contributed by atoms with Crippen molar-refractivity contribution in [2.75, 3.05) is 17.2 Å². The number of esters is 1.